The summed E-state index contributed by atoms with van der Waals surface area (Å²) in [5, 5.41) is 13.6. The second-order valence-electron chi connectivity index (χ2n) is 5.24. The van der Waals surface area contributed by atoms with Gasteiger partial charge in [-0.15, -0.1) is 0 Å². The lowest BCUT2D eigenvalue weighted by Gasteiger charge is -2.18. The molecule has 0 fully saturated rings. The molecule has 0 aliphatic carbocycles. The number of nitrogens with zero attached hydrogens (tertiary/aromatic N) is 2. The molecule has 6 heteroatoms. The number of likely N-dealkylation sites (N-methyl/N-ethyl adjacent to an activating group) is 1. The van der Waals surface area contributed by atoms with Gasteiger partial charge in [0, 0.05) is 32.3 Å². The zero-order valence-corrected chi connectivity index (χ0v) is 12.9. The lowest BCUT2D eigenvalue weighted by Crippen LogP contribution is -2.36. The van der Waals surface area contributed by atoms with Gasteiger partial charge in [0.2, 0.25) is 5.76 Å². The molecule has 118 valence electrons. The van der Waals surface area contributed by atoms with Crippen LogP contribution in [0.3, 0.4) is 0 Å². The van der Waals surface area contributed by atoms with E-state index in [0.717, 1.165) is 11.1 Å². The number of hydrogen-bond donors (Lipinski definition) is 1. The number of benzene rings is 1. The van der Waals surface area contributed by atoms with Gasteiger partial charge in [-0.2, -0.15) is 0 Å². The predicted molar refractivity (Wildman–Crippen MR) is 81.5 cm³/mol. The van der Waals surface area contributed by atoms with Crippen molar-refractivity contribution in [3.05, 3.63) is 41.7 Å². The molecule has 0 saturated carbocycles. The molecule has 1 N–H and O–H groups in total. The Morgan fingerprint density at radius 3 is 2.73 bits per heavy atom. The van der Waals surface area contributed by atoms with Crippen LogP contribution in [0, 0.1) is 6.92 Å². The van der Waals surface area contributed by atoms with Crippen molar-refractivity contribution < 1.29 is 19.2 Å². The Kier molecular flexibility index (Phi) is 5.30. The van der Waals surface area contributed by atoms with Crippen LogP contribution in [0.1, 0.15) is 16.1 Å². The molecule has 1 aromatic heterocycles. The van der Waals surface area contributed by atoms with E-state index in [2.05, 4.69) is 5.16 Å². The highest BCUT2D eigenvalue weighted by molar-refractivity contribution is 5.92. The first-order chi connectivity index (χ1) is 10.5. The van der Waals surface area contributed by atoms with E-state index in [9.17, 15) is 9.90 Å². The maximum absolute atomic E-state index is 12.2. The Bertz CT molecular complexity index is 621. The molecule has 1 atom stereocenters. The fourth-order valence-electron chi connectivity index (χ4n) is 2.07. The van der Waals surface area contributed by atoms with Gasteiger partial charge in [0.15, 0.2) is 0 Å². The summed E-state index contributed by atoms with van der Waals surface area (Å²) in [5.41, 5.74) is 2.64. The molecule has 0 aliphatic heterocycles. The zero-order chi connectivity index (χ0) is 16.1. The number of aliphatic hydroxyl groups excluding tert-OH is 1. The molecule has 0 bridgehead atoms. The van der Waals surface area contributed by atoms with Crippen molar-refractivity contribution in [3.63, 3.8) is 0 Å². The summed E-state index contributed by atoms with van der Waals surface area (Å²) in [6.45, 7) is 2.33. The van der Waals surface area contributed by atoms with E-state index in [1.807, 2.05) is 31.2 Å². The monoisotopic (exact) mass is 304 g/mol. The number of rotatable bonds is 6. The van der Waals surface area contributed by atoms with Gasteiger partial charge in [-0.1, -0.05) is 35.0 Å². The van der Waals surface area contributed by atoms with Gasteiger partial charge in [-0.05, 0) is 6.92 Å². The fraction of sp³-hybridized carbons (Fsp3) is 0.375. The molecule has 0 radical (unpaired) electrons. The summed E-state index contributed by atoms with van der Waals surface area (Å²) in [7, 11) is 3.09. The number of aromatic nitrogens is 1. The number of methoxy groups -OCH3 is 1. The van der Waals surface area contributed by atoms with Crippen LogP contribution in [0.4, 0.5) is 0 Å². The largest absolute Gasteiger partial charge is 0.389 e. The van der Waals surface area contributed by atoms with E-state index >= 15 is 0 Å². The minimum absolute atomic E-state index is 0.141. The van der Waals surface area contributed by atoms with Crippen LogP contribution in [0.2, 0.25) is 0 Å². The first-order valence-electron chi connectivity index (χ1n) is 6.97. The number of carbonyl (C=O) groups is 1. The first-order valence-corrected chi connectivity index (χ1v) is 6.97. The molecule has 6 nitrogen and oxygen atoms in total. The van der Waals surface area contributed by atoms with Crippen molar-refractivity contribution in [3.8, 4) is 11.3 Å². The summed E-state index contributed by atoms with van der Waals surface area (Å²) in [6, 6.07) is 9.39. The minimum Gasteiger partial charge on any atom is -0.389 e. The number of carbonyl (C=O) groups excluding carboxylic acids is 1. The Labute approximate surface area is 129 Å². The van der Waals surface area contributed by atoms with Gasteiger partial charge in [-0.25, -0.2) is 0 Å². The van der Waals surface area contributed by atoms with Crippen molar-refractivity contribution in [1.82, 2.24) is 10.1 Å². The Morgan fingerprint density at radius 2 is 2.09 bits per heavy atom. The van der Waals surface area contributed by atoms with Crippen molar-refractivity contribution >= 4 is 5.91 Å². The van der Waals surface area contributed by atoms with Gasteiger partial charge in [0.05, 0.1) is 12.7 Å². The van der Waals surface area contributed by atoms with Gasteiger partial charge >= 0.3 is 0 Å². The van der Waals surface area contributed by atoms with Gasteiger partial charge in [0.1, 0.15) is 5.69 Å². The van der Waals surface area contributed by atoms with E-state index in [0.29, 0.717) is 5.69 Å². The average molecular weight is 304 g/mol. The maximum atomic E-state index is 12.2. The lowest BCUT2D eigenvalue weighted by molar-refractivity contribution is 0.0364. The van der Waals surface area contributed by atoms with Crippen molar-refractivity contribution in [2.45, 2.75) is 13.0 Å². The highest BCUT2D eigenvalue weighted by Gasteiger charge is 2.20. The molecular formula is C16H20N2O4. The topological polar surface area (TPSA) is 75.8 Å². The van der Waals surface area contributed by atoms with Crippen LogP contribution in [0.25, 0.3) is 11.3 Å². The smallest absolute Gasteiger partial charge is 0.292 e. The van der Waals surface area contributed by atoms with E-state index in [1.165, 1.54) is 12.0 Å². The highest BCUT2D eigenvalue weighted by atomic mass is 16.5. The molecule has 0 saturated heterocycles. The van der Waals surface area contributed by atoms with Crippen LogP contribution in [-0.4, -0.2) is 54.5 Å². The molecule has 1 unspecified atom stereocenters. The molecule has 0 aliphatic rings. The third kappa shape index (κ3) is 3.93. The van der Waals surface area contributed by atoms with Crippen LogP contribution in [-0.2, 0) is 4.74 Å². The fourth-order valence-corrected chi connectivity index (χ4v) is 2.07. The first kappa shape index (κ1) is 16.2. The summed E-state index contributed by atoms with van der Waals surface area (Å²) < 4.78 is 9.96. The maximum Gasteiger partial charge on any atom is 0.292 e. The number of aryl methyl sites for hydroxylation is 1. The molecule has 2 aromatic rings. The summed E-state index contributed by atoms with van der Waals surface area (Å²) >= 11 is 0. The number of hydrogen-bond acceptors (Lipinski definition) is 5. The molecule has 1 amide bonds. The normalized spacial score (nSPS) is 12.2. The third-order valence-corrected chi connectivity index (χ3v) is 3.26. The van der Waals surface area contributed by atoms with E-state index < -0.39 is 6.10 Å². The van der Waals surface area contributed by atoms with Crippen LogP contribution >= 0.6 is 0 Å². The zero-order valence-electron chi connectivity index (χ0n) is 12.9. The second kappa shape index (κ2) is 7.20. The highest BCUT2D eigenvalue weighted by Crippen LogP contribution is 2.20. The second-order valence-corrected chi connectivity index (χ2v) is 5.24. The molecule has 1 aromatic carbocycles. The standard InChI is InChI=1S/C16H20N2O4/c1-11-4-6-12(7-5-11)14-8-15(22-17-14)16(20)18(2)9-13(19)10-21-3/h4-8,13,19H,9-10H2,1-3H3. The summed E-state index contributed by atoms with van der Waals surface area (Å²) in [4.78, 5) is 13.6. The Hall–Kier alpha value is -2.18. The average Bonchev–Trinajstić information content (AvgIpc) is 2.97. The molecule has 0 spiro atoms. The molecule has 22 heavy (non-hydrogen) atoms. The third-order valence-electron chi connectivity index (χ3n) is 3.26. The molecule has 1 heterocycles. The van der Waals surface area contributed by atoms with Crippen molar-refractivity contribution in [2.75, 3.05) is 27.3 Å². The number of aliphatic hydroxyl groups is 1. The minimum atomic E-state index is -0.738. The van der Waals surface area contributed by atoms with E-state index in [1.54, 1.807) is 13.1 Å². The van der Waals surface area contributed by atoms with Gasteiger partial charge in [-0.3, -0.25) is 4.79 Å². The Morgan fingerprint density at radius 1 is 1.41 bits per heavy atom. The molecular weight excluding hydrogens is 284 g/mol. The van der Waals surface area contributed by atoms with Gasteiger partial charge < -0.3 is 19.3 Å². The van der Waals surface area contributed by atoms with Crippen LogP contribution < -0.4 is 0 Å². The van der Waals surface area contributed by atoms with Gasteiger partial charge in [0.25, 0.3) is 5.91 Å². The van der Waals surface area contributed by atoms with Crippen LogP contribution in [0.15, 0.2) is 34.9 Å². The number of amides is 1. The predicted octanol–water partition coefficient (Wildman–Crippen LogP) is 1.73. The lowest BCUT2D eigenvalue weighted by atomic mass is 10.1. The van der Waals surface area contributed by atoms with Crippen molar-refractivity contribution in [2.24, 2.45) is 0 Å². The number of ether oxygens (including phenoxy) is 1. The SMILES string of the molecule is COCC(O)CN(C)C(=O)c1cc(-c2ccc(C)cc2)no1. The quantitative estimate of drug-likeness (QED) is 0.879. The Balaban J connectivity index is 2.07. The summed E-state index contributed by atoms with van der Waals surface area (Å²) in [6.07, 6.45) is -0.738. The molecule has 2 rings (SSSR count). The van der Waals surface area contributed by atoms with Crippen LogP contribution in [0.5, 0.6) is 0 Å². The van der Waals surface area contributed by atoms with E-state index in [4.69, 9.17) is 9.26 Å². The van der Waals surface area contributed by atoms with E-state index in [-0.39, 0.29) is 24.8 Å². The van der Waals surface area contributed by atoms with Crippen molar-refractivity contribution in [1.29, 1.82) is 0 Å². The summed E-state index contributed by atoms with van der Waals surface area (Å²) in [5.74, 6) is -0.191.